The molecule has 0 heterocycles. The van der Waals surface area contributed by atoms with Crippen LogP contribution < -0.4 is 4.74 Å². The van der Waals surface area contributed by atoms with E-state index in [1.54, 1.807) is 18.2 Å². The van der Waals surface area contributed by atoms with E-state index in [0.29, 0.717) is 17.6 Å². The zero-order valence-corrected chi connectivity index (χ0v) is 8.38. The number of carbonyl (C=O) groups excluding carboxylic acids is 1. The molecule has 0 aliphatic rings. The lowest BCUT2D eigenvalue weighted by molar-refractivity contribution is 0.111. The van der Waals surface area contributed by atoms with Gasteiger partial charge in [-0.05, 0) is 18.2 Å². The highest BCUT2D eigenvalue weighted by atomic mass is 79.9. The first-order valence-electron chi connectivity index (χ1n) is 3.71. The van der Waals surface area contributed by atoms with Crippen molar-refractivity contribution >= 4 is 22.2 Å². The van der Waals surface area contributed by atoms with E-state index in [9.17, 15) is 9.18 Å². The Balaban J connectivity index is 2.86. The van der Waals surface area contributed by atoms with E-state index in [1.165, 1.54) is 0 Å². The summed E-state index contributed by atoms with van der Waals surface area (Å²) in [6, 6.07) is 4.99. The van der Waals surface area contributed by atoms with Crippen LogP contribution in [0.25, 0.3) is 0 Å². The predicted octanol–water partition coefficient (Wildman–Crippen LogP) is 2.61. The highest BCUT2D eigenvalue weighted by Gasteiger charge is 2.02. The van der Waals surface area contributed by atoms with Crippen LogP contribution in [-0.2, 0) is 0 Å². The molecule has 0 radical (unpaired) electrons. The summed E-state index contributed by atoms with van der Waals surface area (Å²) in [6.07, 6.45) is 0.679. The summed E-state index contributed by atoms with van der Waals surface area (Å²) in [5, 5.41) is 0. The molecule has 1 rings (SSSR count). The first-order valence-corrected chi connectivity index (χ1v) is 4.50. The van der Waals surface area contributed by atoms with Gasteiger partial charge in [-0.3, -0.25) is 4.79 Å². The highest BCUT2D eigenvalue weighted by Crippen LogP contribution is 2.21. The Bertz CT molecular complexity index is 302. The zero-order chi connectivity index (χ0) is 9.68. The fourth-order valence-corrected chi connectivity index (χ4v) is 1.27. The zero-order valence-electron chi connectivity index (χ0n) is 6.80. The number of halogens is 2. The molecule has 4 heteroatoms. The third-order valence-electron chi connectivity index (χ3n) is 1.43. The maximum atomic E-state index is 11.8. The van der Waals surface area contributed by atoms with Gasteiger partial charge in [-0.1, -0.05) is 15.9 Å². The van der Waals surface area contributed by atoms with Crippen molar-refractivity contribution in [1.82, 2.24) is 0 Å². The largest absolute Gasteiger partial charge is 0.490 e. The minimum atomic E-state index is -0.561. The molecule has 0 aromatic heterocycles. The van der Waals surface area contributed by atoms with Crippen LogP contribution in [0.5, 0.6) is 5.75 Å². The Hall–Kier alpha value is -0.900. The molecule has 1 aromatic carbocycles. The number of hydrogen-bond acceptors (Lipinski definition) is 2. The van der Waals surface area contributed by atoms with E-state index in [2.05, 4.69) is 15.9 Å². The maximum absolute atomic E-state index is 11.8. The summed E-state index contributed by atoms with van der Waals surface area (Å²) in [4.78, 5) is 10.5. The van der Waals surface area contributed by atoms with E-state index in [1.807, 2.05) is 0 Å². The third kappa shape index (κ3) is 2.81. The third-order valence-corrected chi connectivity index (χ3v) is 1.93. The number of benzene rings is 1. The Morgan fingerprint density at radius 1 is 1.54 bits per heavy atom. The van der Waals surface area contributed by atoms with Crippen molar-refractivity contribution in [2.24, 2.45) is 0 Å². The molecule has 0 saturated carbocycles. The molecule has 0 amide bonds. The van der Waals surface area contributed by atoms with Crippen LogP contribution in [0.15, 0.2) is 22.7 Å². The van der Waals surface area contributed by atoms with Gasteiger partial charge in [0.1, 0.15) is 19.0 Å². The molecule has 0 unspecified atom stereocenters. The van der Waals surface area contributed by atoms with E-state index >= 15 is 0 Å². The van der Waals surface area contributed by atoms with Gasteiger partial charge in [0, 0.05) is 4.47 Å². The molecule has 0 fully saturated rings. The second kappa shape index (κ2) is 4.97. The molecule has 0 aliphatic heterocycles. The second-order valence-electron chi connectivity index (χ2n) is 2.34. The van der Waals surface area contributed by atoms with E-state index in [0.717, 1.165) is 4.47 Å². The fourth-order valence-electron chi connectivity index (χ4n) is 0.891. The molecular weight excluding hydrogens is 239 g/mol. The van der Waals surface area contributed by atoms with Gasteiger partial charge in [0.25, 0.3) is 0 Å². The van der Waals surface area contributed by atoms with Crippen LogP contribution in [0, 0.1) is 0 Å². The Labute approximate surface area is 83.8 Å². The standard InChI is InChI=1S/C9H8BrFO2/c10-8-1-2-9(13-4-3-11)7(5-8)6-12/h1-2,5-6H,3-4H2. The Morgan fingerprint density at radius 3 is 2.92 bits per heavy atom. The van der Waals surface area contributed by atoms with Crippen LogP contribution >= 0.6 is 15.9 Å². The minimum Gasteiger partial charge on any atom is -0.490 e. The van der Waals surface area contributed by atoms with Gasteiger partial charge in [-0.25, -0.2) is 4.39 Å². The first kappa shape index (κ1) is 10.2. The van der Waals surface area contributed by atoms with Gasteiger partial charge >= 0.3 is 0 Å². The van der Waals surface area contributed by atoms with E-state index < -0.39 is 6.67 Å². The molecule has 1 aromatic rings. The molecule has 0 saturated heterocycles. The molecule has 0 bridgehead atoms. The topological polar surface area (TPSA) is 26.3 Å². The Kier molecular flexibility index (Phi) is 3.89. The first-order chi connectivity index (χ1) is 6.27. The molecule has 70 valence electrons. The number of carbonyl (C=O) groups is 1. The van der Waals surface area contributed by atoms with Gasteiger partial charge < -0.3 is 4.74 Å². The number of alkyl halides is 1. The Morgan fingerprint density at radius 2 is 2.31 bits per heavy atom. The lowest BCUT2D eigenvalue weighted by atomic mass is 10.2. The maximum Gasteiger partial charge on any atom is 0.153 e. The molecule has 2 nitrogen and oxygen atoms in total. The molecule has 0 spiro atoms. The summed E-state index contributed by atoms with van der Waals surface area (Å²) >= 11 is 3.22. The number of hydrogen-bond donors (Lipinski definition) is 0. The van der Waals surface area contributed by atoms with Crippen molar-refractivity contribution < 1.29 is 13.9 Å². The van der Waals surface area contributed by atoms with Crippen molar-refractivity contribution in [2.45, 2.75) is 0 Å². The van der Waals surface area contributed by atoms with E-state index in [-0.39, 0.29) is 6.61 Å². The summed E-state index contributed by atoms with van der Waals surface area (Å²) in [7, 11) is 0. The summed E-state index contributed by atoms with van der Waals surface area (Å²) in [6.45, 7) is -0.586. The van der Waals surface area contributed by atoms with Crippen LogP contribution in [-0.4, -0.2) is 19.6 Å². The number of rotatable bonds is 4. The molecule has 13 heavy (non-hydrogen) atoms. The van der Waals surface area contributed by atoms with Gasteiger partial charge in [-0.15, -0.1) is 0 Å². The van der Waals surface area contributed by atoms with Crippen molar-refractivity contribution in [2.75, 3.05) is 13.3 Å². The fraction of sp³-hybridized carbons (Fsp3) is 0.222. The van der Waals surface area contributed by atoms with Gasteiger partial charge in [-0.2, -0.15) is 0 Å². The average molecular weight is 247 g/mol. The lowest BCUT2D eigenvalue weighted by Gasteiger charge is -2.05. The quantitative estimate of drug-likeness (QED) is 0.764. The summed E-state index contributed by atoms with van der Waals surface area (Å²) < 4.78 is 17.6. The number of aldehydes is 1. The number of ether oxygens (including phenoxy) is 1. The van der Waals surface area contributed by atoms with Crippen LogP contribution in [0.2, 0.25) is 0 Å². The molecule has 0 N–H and O–H groups in total. The summed E-state index contributed by atoms with van der Waals surface area (Å²) in [5.74, 6) is 0.413. The summed E-state index contributed by atoms with van der Waals surface area (Å²) in [5.41, 5.74) is 0.419. The van der Waals surface area contributed by atoms with Crippen molar-refractivity contribution in [3.8, 4) is 5.75 Å². The lowest BCUT2D eigenvalue weighted by Crippen LogP contribution is -2.01. The molecular formula is C9H8BrFO2. The van der Waals surface area contributed by atoms with Crippen LogP contribution in [0.1, 0.15) is 10.4 Å². The van der Waals surface area contributed by atoms with Crippen LogP contribution in [0.3, 0.4) is 0 Å². The van der Waals surface area contributed by atoms with E-state index in [4.69, 9.17) is 4.74 Å². The average Bonchev–Trinajstić information content (AvgIpc) is 2.16. The highest BCUT2D eigenvalue weighted by molar-refractivity contribution is 9.10. The van der Waals surface area contributed by atoms with Crippen molar-refractivity contribution in [3.63, 3.8) is 0 Å². The van der Waals surface area contributed by atoms with Crippen molar-refractivity contribution in [3.05, 3.63) is 28.2 Å². The van der Waals surface area contributed by atoms with Gasteiger partial charge in [0.05, 0.1) is 5.56 Å². The normalized spacial score (nSPS) is 9.69. The van der Waals surface area contributed by atoms with Crippen molar-refractivity contribution in [1.29, 1.82) is 0 Å². The SMILES string of the molecule is O=Cc1cc(Br)ccc1OCCF. The molecule has 0 aliphatic carbocycles. The second-order valence-corrected chi connectivity index (χ2v) is 3.25. The minimum absolute atomic E-state index is 0.0253. The van der Waals surface area contributed by atoms with Crippen LogP contribution in [0.4, 0.5) is 4.39 Å². The predicted molar refractivity (Wildman–Crippen MR) is 51.0 cm³/mol. The van der Waals surface area contributed by atoms with Gasteiger partial charge in [0.2, 0.25) is 0 Å². The van der Waals surface area contributed by atoms with Gasteiger partial charge in [0.15, 0.2) is 6.29 Å². The monoisotopic (exact) mass is 246 g/mol. The molecule has 0 atom stereocenters. The smallest absolute Gasteiger partial charge is 0.153 e.